The fourth-order valence-electron chi connectivity index (χ4n) is 3.09. The van der Waals surface area contributed by atoms with Gasteiger partial charge in [-0.3, -0.25) is 4.90 Å². The summed E-state index contributed by atoms with van der Waals surface area (Å²) < 4.78 is 5.69. The molecule has 0 bridgehead atoms. The predicted molar refractivity (Wildman–Crippen MR) is 111 cm³/mol. The zero-order chi connectivity index (χ0) is 19.6. The lowest BCUT2D eigenvalue weighted by molar-refractivity contribution is 0.0659. The van der Waals surface area contributed by atoms with Gasteiger partial charge in [0.1, 0.15) is 24.2 Å². The Morgan fingerprint density at radius 1 is 0.786 bits per heavy atom. The van der Waals surface area contributed by atoms with Crippen LogP contribution in [0.5, 0.6) is 11.5 Å². The first-order valence-corrected chi connectivity index (χ1v) is 9.59. The van der Waals surface area contributed by atoms with E-state index in [1.54, 1.807) is 12.1 Å². The zero-order valence-corrected chi connectivity index (χ0v) is 15.9. The average molecular weight is 377 g/mol. The molecule has 28 heavy (non-hydrogen) atoms. The highest BCUT2D eigenvalue weighted by Crippen LogP contribution is 2.13. The van der Waals surface area contributed by atoms with E-state index < -0.39 is 6.10 Å². The summed E-state index contributed by atoms with van der Waals surface area (Å²) in [5, 5.41) is 19.9. The van der Waals surface area contributed by atoms with Crippen molar-refractivity contribution in [3.8, 4) is 11.5 Å². The van der Waals surface area contributed by atoms with Crippen molar-refractivity contribution in [1.29, 1.82) is 0 Å². The molecular weight excluding hydrogens is 350 g/mol. The van der Waals surface area contributed by atoms with Crippen molar-refractivity contribution in [2.45, 2.75) is 19.1 Å². The summed E-state index contributed by atoms with van der Waals surface area (Å²) in [6.07, 6.45) is 0.267. The van der Waals surface area contributed by atoms with Crippen LogP contribution < -0.4 is 4.74 Å². The van der Waals surface area contributed by atoms with Gasteiger partial charge in [-0.25, -0.2) is 0 Å². The van der Waals surface area contributed by atoms with Crippen LogP contribution in [0.1, 0.15) is 11.1 Å². The van der Waals surface area contributed by atoms with Crippen molar-refractivity contribution in [3.05, 3.63) is 96.1 Å². The average Bonchev–Trinajstić information content (AvgIpc) is 2.73. The topological polar surface area (TPSA) is 52.9 Å². The molecule has 0 radical (unpaired) electrons. The van der Waals surface area contributed by atoms with Crippen molar-refractivity contribution in [2.24, 2.45) is 0 Å². The molecule has 1 atom stereocenters. The van der Waals surface area contributed by atoms with Gasteiger partial charge in [0.2, 0.25) is 0 Å². The van der Waals surface area contributed by atoms with Gasteiger partial charge in [-0.15, -0.1) is 0 Å². The molecule has 0 amide bonds. The molecule has 1 unspecified atom stereocenters. The third-order valence-electron chi connectivity index (χ3n) is 4.56. The minimum Gasteiger partial charge on any atom is -0.508 e. The molecular formula is C24H27NO3. The third-order valence-corrected chi connectivity index (χ3v) is 4.56. The number of aromatic hydroxyl groups is 1. The van der Waals surface area contributed by atoms with Crippen LogP contribution in [0.2, 0.25) is 0 Å². The Hall–Kier alpha value is -2.82. The first-order valence-electron chi connectivity index (χ1n) is 9.59. The predicted octanol–water partition coefficient (Wildman–Crippen LogP) is 3.88. The van der Waals surface area contributed by atoms with E-state index in [-0.39, 0.29) is 12.4 Å². The van der Waals surface area contributed by atoms with Crippen LogP contribution >= 0.6 is 0 Å². The summed E-state index contributed by atoms with van der Waals surface area (Å²) in [4.78, 5) is 2.24. The Bertz CT molecular complexity index is 806. The van der Waals surface area contributed by atoms with E-state index in [9.17, 15) is 10.2 Å². The molecule has 0 saturated heterocycles. The lowest BCUT2D eigenvalue weighted by atomic mass is 10.1. The highest BCUT2D eigenvalue weighted by atomic mass is 16.5. The summed E-state index contributed by atoms with van der Waals surface area (Å²) in [5.41, 5.74) is 2.37. The Labute approximate surface area is 166 Å². The van der Waals surface area contributed by atoms with Crippen LogP contribution in [0, 0.1) is 0 Å². The summed E-state index contributed by atoms with van der Waals surface area (Å²) in [5.74, 6) is 1.04. The second kappa shape index (κ2) is 10.5. The number of ether oxygens (including phenoxy) is 1. The van der Waals surface area contributed by atoms with E-state index in [1.165, 1.54) is 5.56 Å². The fourth-order valence-corrected chi connectivity index (χ4v) is 3.09. The monoisotopic (exact) mass is 377 g/mol. The maximum atomic E-state index is 10.5. The summed E-state index contributed by atoms with van der Waals surface area (Å²) in [7, 11) is 0. The van der Waals surface area contributed by atoms with Gasteiger partial charge in [-0.05, 0) is 41.8 Å². The van der Waals surface area contributed by atoms with Gasteiger partial charge in [-0.2, -0.15) is 0 Å². The van der Waals surface area contributed by atoms with Crippen molar-refractivity contribution in [3.63, 3.8) is 0 Å². The number of aliphatic hydroxyl groups is 1. The highest BCUT2D eigenvalue weighted by molar-refractivity contribution is 5.26. The Kier molecular flexibility index (Phi) is 7.47. The number of hydrogen-bond donors (Lipinski definition) is 2. The van der Waals surface area contributed by atoms with Gasteiger partial charge in [0.05, 0.1) is 0 Å². The van der Waals surface area contributed by atoms with Gasteiger partial charge < -0.3 is 14.9 Å². The standard InChI is InChI=1S/C24H27NO3/c26-22-13-11-20(12-14-22)15-16-25(17-21-7-3-1-4-8-21)18-23(27)19-28-24-9-5-2-6-10-24/h1-14,23,26-27H,15-19H2. The number of rotatable bonds is 10. The van der Waals surface area contributed by atoms with Gasteiger partial charge in [0.15, 0.2) is 0 Å². The maximum Gasteiger partial charge on any atom is 0.119 e. The molecule has 0 heterocycles. The summed E-state index contributed by atoms with van der Waals surface area (Å²) >= 11 is 0. The lowest BCUT2D eigenvalue weighted by Crippen LogP contribution is -2.36. The van der Waals surface area contributed by atoms with E-state index in [0.29, 0.717) is 6.54 Å². The number of hydrogen-bond acceptors (Lipinski definition) is 4. The molecule has 0 aromatic heterocycles. The minimum atomic E-state index is -0.580. The molecule has 0 spiro atoms. The molecule has 0 aliphatic heterocycles. The van der Waals surface area contributed by atoms with Crippen molar-refractivity contribution >= 4 is 0 Å². The van der Waals surface area contributed by atoms with E-state index in [0.717, 1.165) is 30.8 Å². The van der Waals surface area contributed by atoms with Gasteiger partial charge in [0, 0.05) is 19.6 Å². The van der Waals surface area contributed by atoms with Gasteiger partial charge >= 0.3 is 0 Å². The Morgan fingerprint density at radius 3 is 2.11 bits per heavy atom. The highest BCUT2D eigenvalue weighted by Gasteiger charge is 2.13. The fraction of sp³-hybridized carbons (Fsp3) is 0.250. The van der Waals surface area contributed by atoms with Crippen LogP contribution in [-0.2, 0) is 13.0 Å². The maximum absolute atomic E-state index is 10.5. The molecule has 146 valence electrons. The summed E-state index contributed by atoms with van der Waals surface area (Å²) in [6.45, 7) is 2.36. The number of benzene rings is 3. The smallest absolute Gasteiger partial charge is 0.119 e. The SMILES string of the molecule is Oc1ccc(CCN(Cc2ccccc2)CC(O)COc2ccccc2)cc1. The first-order chi connectivity index (χ1) is 13.7. The van der Waals surface area contributed by atoms with E-state index >= 15 is 0 Å². The van der Waals surface area contributed by atoms with E-state index in [4.69, 9.17) is 4.74 Å². The normalized spacial score (nSPS) is 12.1. The largest absolute Gasteiger partial charge is 0.508 e. The Morgan fingerprint density at radius 2 is 1.43 bits per heavy atom. The van der Waals surface area contributed by atoms with Crippen LogP contribution in [0.3, 0.4) is 0 Å². The van der Waals surface area contributed by atoms with Crippen LogP contribution in [0.25, 0.3) is 0 Å². The lowest BCUT2D eigenvalue weighted by Gasteiger charge is -2.25. The molecule has 0 fully saturated rings. The molecule has 0 aliphatic carbocycles. The van der Waals surface area contributed by atoms with Crippen molar-refractivity contribution in [1.82, 2.24) is 4.90 Å². The number of para-hydroxylation sites is 1. The second-order valence-electron chi connectivity index (χ2n) is 6.92. The number of aliphatic hydroxyl groups excluding tert-OH is 1. The van der Waals surface area contributed by atoms with Crippen LogP contribution in [0.15, 0.2) is 84.9 Å². The number of phenolic OH excluding ortho intramolecular Hbond substituents is 1. The molecule has 3 aromatic rings. The molecule has 0 aliphatic rings. The molecule has 4 heteroatoms. The van der Waals surface area contributed by atoms with Crippen molar-refractivity contribution in [2.75, 3.05) is 19.7 Å². The number of phenols is 1. The molecule has 3 rings (SSSR count). The van der Waals surface area contributed by atoms with Gasteiger partial charge in [0.25, 0.3) is 0 Å². The second-order valence-corrected chi connectivity index (χ2v) is 6.92. The Balaban J connectivity index is 1.57. The molecule has 4 nitrogen and oxygen atoms in total. The van der Waals surface area contributed by atoms with E-state index in [1.807, 2.05) is 60.7 Å². The van der Waals surface area contributed by atoms with E-state index in [2.05, 4.69) is 17.0 Å². The van der Waals surface area contributed by atoms with Crippen LogP contribution in [-0.4, -0.2) is 40.9 Å². The molecule has 3 aromatic carbocycles. The third kappa shape index (κ3) is 6.72. The quantitative estimate of drug-likeness (QED) is 0.563. The molecule has 2 N–H and O–H groups in total. The summed E-state index contributed by atoms with van der Waals surface area (Å²) in [6, 6.07) is 27.1. The minimum absolute atomic E-state index is 0.258. The van der Waals surface area contributed by atoms with Crippen LogP contribution in [0.4, 0.5) is 0 Å². The molecule has 0 saturated carbocycles. The number of nitrogens with zero attached hydrogens (tertiary/aromatic N) is 1. The first kappa shape index (κ1) is 19.9. The zero-order valence-electron chi connectivity index (χ0n) is 15.9. The van der Waals surface area contributed by atoms with Gasteiger partial charge in [-0.1, -0.05) is 60.7 Å². The van der Waals surface area contributed by atoms with Crippen molar-refractivity contribution < 1.29 is 14.9 Å².